The number of carbonyl (C=O) groups excluding carboxylic acids is 2. The fourth-order valence-corrected chi connectivity index (χ4v) is 3.46. The average molecular weight is 443 g/mol. The lowest BCUT2D eigenvalue weighted by Gasteiger charge is -2.06. The molecule has 4 N–H and O–H groups in total. The van der Waals surface area contributed by atoms with E-state index in [1.807, 2.05) is 0 Å². The van der Waals surface area contributed by atoms with Crippen LogP contribution in [-0.2, 0) is 6.42 Å². The number of pyridine rings is 1. The minimum Gasteiger partial charge on any atom is -0.384 e. The Morgan fingerprint density at radius 3 is 2.44 bits per heavy atom. The smallest absolute Gasteiger partial charge is 0.267 e. The molecule has 0 bridgehead atoms. The number of carbonyl (C=O) groups is 2. The van der Waals surface area contributed by atoms with Crippen LogP contribution in [0.5, 0.6) is 0 Å². The maximum atomic E-state index is 12.5. The SMILES string of the molecule is N=C(N)c1ccc(C(=O)Cc2ccsc2C(=O)Nc2ccc(Br)cn2)cc1. The third-order valence-electron chi connectivity index (χ3n) is 3.79. The molecule has 2 aromatic heterocycles. The Morgan fingerprint density at radius 2 is 1.81 bits per heavy atom. The van der Waals surface area contributed by atoms with Crippen molar-refractivity contribution < 1.29 is 9.59 Å². The van der Waals surface area contributed by atoms with Crippen molar-refractivity contribution in [1.29, 1.82) is 5.41 Å². The van der Waals surface area contributed by atoms with Crippen LogP contribution in [0.3, 0.4) is 0 Å². The van der Waals surface area contributed by atoms with E-state index in [9.17, 15) is 9.59 Å². The number of thiophene rings is 1. The van der Waals surface area contributed by atoms with Gasteiger partial charge in [0, 0.05) is 28.2 Å². The van der Waals surface area contributed by atoms with Crippen molar-refractivity contribution in [2.75, 3.05) is 5.32 Å². The first-order valence-electron chi connectivity index (χ1n) is 7.91. The van der Waals surface area contributed by atoms with Gasteiger partial charge >= 0.3 is 0 Å². The maximum Gasteiger partial charge on any atom is 0.267 e. The molecule has 2 heterocycles. The molecule has 0 saturated heterocycles. The van der Waals surface area contributed by atoms with Crippen molar-refractivity contribution in [3.8, 4) is 0 Å². The molecule has 0 atom stereocenters. The maximum absolute atomic E-state index is 12.5. The molecule has 0 radical (unpaired) electrons. The van der Waals surface area contributed by atoms with E-state index in [-0.39, 0.29) is 23.9 Å². The van der Waals surface area contributed by atoms with E-state index >= 15 is 0 Å². The number of rotatable bonds is 6. The molecule has 136 valence electrons. The lowest BCUT2D eigenvalue weighted by molar-refractivity contribution is 0.0993. The van der Waals surface area contributed by atoms with Crippen molar-refractivity contribution in [2.24, 2.45) is 5.73 Å². The molecule has 0 spiro atoms. The lowest BCUT2D eigenvalue weighted by Crippen LogP contribution is -2.15. The second-order valence-corrected chi connectivity index (χ2v) is 7.51. The highest BCUT2D eigenvalue weighted by Gasteiger charge is 2.17. The van der Waals surface area contributed by atoms with Crippen LogP contribution in [0.4, 0.5) is 5.82 Å². The van der Waals surface area contributed by atoms with Gasteiger partial charge in [-0.05, 0) is 45.1 Å². The topological polar surface area (TPSA) is 109 Å². The highest BCUT2D eigenvalue weighted by atomic mass is 79.9. The quantitative estimate of drug-likeness (QED) is 0.305. The number of anilines is 1. The average Bonchev–Trinajstić information content (AvgIpc) is 3.12. The Kier molecular flexibility index (Phi) is 5.78. The Balaban J connectivity index is 1.72. The van der Waals surface area contributed by atoms with E-state index in [1.165, 1.54) is 11.3 Å². The van der Waals surface area contributed by atoms with Crippen molar-refractivity contribution in [3.63, 3.8) is 0 Å². The first-order chi connectivity index (χ1) is 12.9. The largest absolute Gasteiger partial charge is 0.384 e. The number of aromatic nitrogens is 1. The standard InChI is InChI=1S/C19H15BrN4O2S/c20-14-5-6-16(23-10-14)24-19(26)17-13(7-8-27-17)9-15(25)11-1-3-12(4-2-11)18(21)22/h1-8,10H,9H2,(H3,21,22)(H,23,24,26). The molecule has 0 aliphatic rings. The second kappa shape index (κ2) is 8.24. The molecule has 6 nitrogen and oxygen atoms in total. The summed E-state index contributed by atoms with van der Waals surface area (Å²) in [5, 5.41) is 11.9. The molecule has 1 amide bonds. The first kappa shape index (κ1) is 18.9. The summed E-state index contributed by atoms with van der Waals surface area (Å²) in [5.41, 5.74) is 7.15. The summed E-state index contributed by atoms with van der Waals surface area (Å²) >= 11 is 4.57. The van der Waals surface area contributed by atoms with E-state index in [2.05, 4.69) is 26.2 Å². The summed E-state index contributed by atoms with van der Waals surface area (Å²) in [6, 6.07) is 11.8. The van der Waals surface area contributed by atoms with Crippen LogP contribution in [0, 0.1) is 5.41 Å². The van der Waals surface area contributed by atoms with Crippen molar-refractivity contribution in [3.05, 3.63) is 80.1 Å². The highest BCUT2D eigenvalue weighted by Crippen LogP contribution is 2.21. The molecule has 0 aliphatic heterocycles. The van der Waals surface area contributed by atoms with E-state index in [1.54, 1.807) is 54.0 Å². The highest BCUT2D eigenvalue weighted by molar-refractivity contribution is 9.10. The molecule has 0 unspecified atom stereocenters. The molecule has 3 rings (SSSR count). The van der Waals surface area contributed by atoms with Crippen LogP contribution in [0.2, 0.25) is 0 Å². The molecule has 1 aromatic carbocycles. The molecule has 0 aliphatic carbocycles. The van der Waals surface area contributed by atoms with E-state index in [0.717, 1.165) is 4.47 Å². The summed E-state index contributed by atoms with van der Waals surface area (Å²) in [6.07, 6.45) is 1.71. The third kappa shape index (κ3) is 4.66. The monoisotopic (exact) mass is 442 g/mol. The Hall–Kier alpha value is -2.84. The van der Waals surface area contributed by atoms with Crippen LogP contribution >= 0.6 is 27.3 Å². The van der Waals surface area contributed by atoms with Gasteiger partial charge in [0.15, 0.2) is 5.78 Å². The fraction of sp³-hybridized carbons (Fsp3) is 0.0526. The zero-order valence-electron chi connectivity index (χ0n) is 14.0. The number of amides is 1. The number of nitrogens with two attached hydrogens (primary N) is 1. The number of Topliss-reactive ketones (excluding diaryl/α,β-unsaturated/α-hetero) is 1. The van der Waals surface area contributed by atoms with Crippen LogP contribution < -0.4 is 11.1 Å². The van der Waals surface area contributed by atoms with Gasteiger partial charge in [-0.3, -0.25) is 15.0 Å². The van der Waals surface area contributed by atoms with Gasteiger partial charge in [-0.25, -0.2) is 4.98 Å². The minimum absolute atomic E-state index is 0.0488. The molecule has 0 saturated carbocycles. The van der Waals surface area contributed by atoms with Gasteiger partial charge in [-0.1, -0.05) is 24.3 Å². The third-order valence-corrected chi connectivity index (χ3v) is 5.22. The number of hydrogen-bond acceptors (Lipinski definition) is 5. The number of nitrogens with one attached hydrogen (secondary N) is 2. The van der Waals surface area contributed by atoms with Gasteiger partial charge < -0.3 is 11.1 Å². The predicted molar refractivity (Wildman–Crippen MR) is 110 cm³/mol. The zero-order chi connectivity index (χ0) is 19.4. The van der Waals surface area contributed by atoms with Crippen LogP contribution in [0.15, 0.2) is 58.5 Å². The summed E-state index contributed by atoms with van der Waals surface area (Å²) in [6.45, 7) is 0. The molecular weight excluding hydrogens is 428 g/mol. The number of amidine groups is 1. The number of ketones is 1. The summed E-state index contributed by atoms with van der Waals surface area (Å²) in [7, 11) is 0. The summed E-state index contributed by atoms with van der Waals surface area (Å²) in [5.74, 6) is -0.0186. The molecule has 0 fully saturated rings. The van der Waals surface area contributed by atoms with Gasteiger partial charge in [0.25, 0.3) is 5.91 Å². The van der Waals surface area contributed by atoms with Gasteiger partial charge in [0.2, 0.25) is 0 Å². The van der Waals surface area contributed by atoms with Gasteiger partial charge in [-0.2, -0.15) is 0 Å². The number of nitrogens with zero attached hydrogens (tertiary/aromatic N) is 1. The van der Waals surface area contributed by atoms with Crippen molar-refractivity contribution >= 4 is 50.6 Å². The summed E-state index contributed by atoms with van der Waals surface area (Å²) in [4.78, 5) is 29.7. The molecular formula is C19H15BrN4O2S. The fourth-order valence-electron chi connectivity index (χ4n) is 2.41. The van der Waals surface area contributed by atoms with E-state index < -0.39 is 0 Å². The zero-order valence-corrected chi connectivity index (χ0v) is 16.4. The van der Waals surface area contributed by atoms with Gasteiger partial charge in [0.05, 0.1) is 4.88 Å². The van der Waals surface area contributed by atoms with Crippen LogP contribution in [-0.4, -0.2) is 22.5 Å². The Morgan fingerprint density at radius 1 is 1.11 bits per heavy atom. The number of benzene rings is 1. The second-order valence-electron chi connectivity index (χ2n) is 5.68. The van der Waals surface area contributed by atoms with Crippen LogP contribution in [0.1, 0.15) is 31.2 Å². The Bertz CT molecular complexity index is 997. The summed E-state index contributed by atoms with van der Waals surface area (Å²) < 4.78 is 0.818. The number of hydrogen-bond donors (Lipinski definition) is 3. The van der Waals surface area contributed by atoms with Gasteiger partial charge in [0.1, 0.15) is 11.7 Å². The van der Waals surface area contributed by atoms with E-state index in [0.29, 0.717) is 27.4 Å². The van der Waals surface area contributed by atoms with Gasteiger partial charge in [-0.15, -0.1) is 11.3 Å². The first-order valence-corrected chi connectivity index (χ1v) is 9.58. The number of halogens is 1. The van der Waals surface area contributed by atoms with Crippen LogP contribution in [0.25, 0.3) is 0 Å². The van der Waals surface area contributed by atoms with Crippen molar-refractivity contribution in [1.82, 2.24) is 4.98 Å². The normalized spacial score (nSPS) is 10.4. The lowest BCUT2D eigenvalue weighted by atomic mass is 10.0. The minimum atomic E-state index is -0.297. The number of nitrogen functional groups attached to an aromatic ring is 1. The van der Waals surface area contributed by atoms with E-state index in [4.69, 9.17) is 11.1 Å². The molecule has 27 heavy (non-hydrogen) atoms. The van der Waals surface area contributed by atoms with Crippen molar-refractivity contribution in [2.45, 2.75) is 6.42 Å². The predicted octanol–water partition coefficient (Wildman–Crippen LogP) is 3.87. The Labute approximate surface area is 168 Å². The molecule has 3 aromatic rings. The molecule has 8 heteroatoms.